The third kappa shape index (κ3) is 3.60. The number of hydrogen-bond donors (Lipinski definition) is 0. The molecule has 0 amide bonds. The topological polar surface area (TPSA) is 26.3 Å². The van der Waals surface area contributed by atoms with E-state index in [0.717, 1.165) is 5.56 Å². The Morgan fingerprint density at radius 2 is 1.83 bits per heavy atom. The molecule has 0 spiro atoms. The van der Waals surface area contributed by atoms with Gasteiger partial charge in [0, 0.05) is 11.4 Å². The SMILES string of the molecule is O=C(OCCc1cccc(Cl)c1)c1ccccc1. The predicted octanol–water partition coefficient (Wildman–Crippen LogP) is 3.74. The molecule has 18 heavy (non-hydrogen) atoms. The van der Waals surface area contributed by atoms with Gasteiger partial charge in [0.25, 0.3) is 0 Å². The van der Waals surface area contributed by atoms with E-state index >= 15 is 0 Å². The number of carbonyl (C=O) groups is 1. The van der Waals surface area contributed by atoms with Gasteiger partial charge in [-0.2, -0.15) is 0 Å². The van der Waals surface area contributed by atoms with Crippen molar-refractivity contribution in [3.8, 4) is 0 Å². The van der Waals surface area contributed by atoms with Crippen molar-refractivity contribution < 1.29 is 9.53 Å². The van der Waals surface area contributed by atoms with Gasteiger partial charge in [-0.05, 0) is 29.8 Å². The van der Waals surface area contributed by atoms with Crippen LogP contribution in [0.5, 0.6) is 0 Å². The van der Waals surface area contributed by atoms with E-state index in [1.807, 2.05) is 42.5 Å². The zero-order valence-electron chi connectivity index (χ0n) is 9.80. The second kappa shape index (κ2) is 6.22. The molecule has 0 bridgehead atoms. The van der Waals surface area contributed by atoms with Gasteiger partial charge in [-0.3, -0.25) is 0 Å². The van der Waals surface area contributed by atoms with Crippen LogP contribution in [0.15, 0.2) is 54.6 Å². The summed E-state index contributed by atoms with van der Waals surface area (Å²) < 4.78 is 5.19. The molecule has 0 aliphatic carbocycles. The van der Waals surface area contributed by atoms with E-state index in [4.69, 9.17) is 16.3 Å². The van der Waals surface area contributed by atoms with Crippen LogP contribution < -0.4 is 0 Å². The molecule has 0 aromatic heterocycles. The Balaban J connectivity index is 1.84. The highest BCUT2D eigenvalue weighted by molar-refractivity contribution is 6.30. The van der Waals surface area contributed by atoms with Crippen LogP contribution in [-0.2, 0) is 11.2 Å². The molecule has 0 aliphatic rings. The lowest BCUT2D eigenvalue weighted by molar-refractivity contribution is 0.0509. The fraction of sp³-hybridized carbons (Fsp3) is 0.133. The summed E-state index contributed by atoms with van der Waals surface area (Å²) >= 11 is 5.87. The van der Waals surface area contributed by atoms with Crippen LogP contribution in [0, 0.1) is 0 Å². The first-order valence-corrected chi connectivity index (χ1v) is 6.10. The van der Waals surface area contributed by atoms with Crippen molar-refractivity contribution in [2.75, 3.05) is 6.61 Å². The van der Waals surface area contributed by atoms with Gasteiger partial charge < -0.3 is 4.74 Å². The molecule has 0 atom stereocenters. The van der Waals surface area contributed by atoms with Gasteiger partial charge in [-0.25, -0.2) is 4.79 Å². The minimum atomic E-state index is -0.294. The number of rotatable bonds is 4. The van der Waals surface area contributed by atoms with Crippen molar-refractivity contribution in [1.82, 2.24) is 0 Å². The molecule has 2 aromatic carbocycles. The Morgan fingerprint density at radius 1 is 1.06 bits per heavy atom. The molecule has 2 nitrogen and oxygen atoms in total. The van der Waals surface area contributed by atoms with Crippen LogP contribution in [0.25, 0.3) is 0 Å². The highest BCUT2D eigenvalue weighted by Crippen LogP contribution is 2.11. The summed E-state index contributed by atoms with van der Waals surface area (Å²) in [5, 5.41) is 0.696. The third-order valence-electron chi connectivity index (χ3n) is 2.52. The summed E-state index contributed by atoms with van der Waals surface area (Å²) in [7, 11) is 0. The number of halogens is 1. The monoisotopic (exact) mass is 260 g/mol. The molecule has 2 aromatic rings. The van der Waals surface area contributed by atoms with Crippen molar-refractivity contribution in [2.45, 2.75) is 6.42 Å². The van der Waals surface area contributed by atoms with Gasteiger partial charge in [-0.1, -0.05) is 41.9 Å². The Hall–Kier alpha value is -1.80. The summed E-state index contributed by atoms with van der Waals surface area (Å²) in [6.45, 7) is 0.355. The second-order valence-corrected chi connectivity index (χ2v) is 4.32. The first-order valence-electron chi connectivity index (χ1n) is 5.72. The summed E-state index contributed by atoms with van der Waals surface area (Å²) in [4.78, 5) is 11.7. The van der Waals surface area contributed by atoms with Crippen molar-refractivity contribution in [2.24, 2.45) is 0 Å². The van der Waals surface area contributed by atoms with Gasteiger partial charge in [0.15, 0.2) is 0 Å². The van der Waals surface area contributed by atoms with E-state index in [0.29, 0.717) is 23.6 Å². The molecule has 0 saturated carbocycles. The molecular formula is C15H13ClO2. The predicted molar refractivity (Wildman–Crippen MR) is 71.9 cm³/mol. The normalized spacial score (nSPS) is 10.1. The molecule has 0 unspecified atom stereocenters. The fourth-order valence-corrected chi connectivity index (χ4v) is 1.82. The maximum Gasteiger partial charge on any atom is 0.338 e. The first-order chi connectivity index (χ1) is 8.75. The lowest BCUT2D eigenvalue weighted by Crippen LogP contribution is -2.07. The van der Waals surface area contributed by atoms with Crippen LogP contribution in [0.1, 0.15) is 15.9 Å². The lowest BCUT2D eigenvalue weighted by Gasteiger charge is -2.05. The van der Waals surface area contributed by atoms with Gasteiger partial charge >= 0.3 is 5.97 Å². The zero-order valence-corrected chi connectivity index (χ0v) is 10.6. The first kappa shape index (κ1) is 12.7. The highest BCUT2D eigenvalue weighted by atomic mass is 35.5. The second-order valence-electron chi connectivity index (χ2n) is 3.88. The van der Waals surface area contributed by atoms with Crippen LogP contribution >= 0.6 is 11.6 Å². The van der Waals surface area contributed by atoms with Crippen LogP contribution in [0.2, 0.25) is 5.02 Å². The van der Waals surface area contributed by atoms with Crippen molar-refractivity contribution in [3.63, 3.8) is 0 Å². The molecule has 0 radical (unpaired) electrons. The lowest BCUT2D eigenvalue weighted by atomic mass is 10.2. The quantitative estimate of drug-likeness (QED) is 0.783. The van der Waals surface area contributed by atoms with Crippen molar-refractivity contribution in [1.29, 1.82) is 0 Å². The van der Waals surface area contributed by atoms with Crippen LogP contribution in [0.3, 0.4) is 0 Å². The number of ether oxygens (including phenoxy) is 1. The number of hydrogen-bond acceptors (Lipinski definition) is 2. The number of benzene rings is 2. The van der Waals surface area contributed by atoms with Crippen molar-refractivity contribution >= 4 is 17.6 Å². The minimum Gasteiger partial charge on any atom is -0.462 e. The Bertz CT molecular complexity index is 523. The largest absolute Gasteiger partial charge is 0.462 e. The molecule has 0 aliphatic heterocycles. The number of carbonyl (C=O) groups excluding carboxylic acids is 1. The Kier molecular flexibility index (Phi) is 4.37. The third-order valence-corrected chi connectivity index (χ3v) is 2.76. The van der Waals surface area contributed by atoms with Crippen LogP contribution in [-0.4, -0.2) is 12.6 Å². The van der Waals surface area contributed by atoms with E-state index in [1.54, 1.807) is 12.1 Å². The van der Waals surface area contributed by atoms with Gasteiger partial charge in [0.2, 0.25) is 0 Å². The number of esters is 1. The van der Waals surface area contributed by atoms with Gasteiger partial charge in [-0.15, -0.1) is 0 Å². The fourth-order valence-electron chi connectivity index (χ4n) is 1.61. The van der Waals surface area contributed by atoms with Gasteiger partial charge in [0.05, 0.1) is 12.2 Å². The smallest absolute Gasteiger partial charge is 0.338 e. The summed E-state index contributed by atoms with van der Waals surface area (Å²) in [5.74, 6) is -0.294. The molecule has 0 saturated heterocycles. The Morgan fingerprint density at radius 3 is 2.56 bits per heavy atom. The van der Waals surface area contributed by atoms with E-state index < -0.39 is 0 Å². The highest BCUT2D eigenvalue weighted by Gasteiger charge is 2.05. The molecule has 2 rings (SSSR count). The van der Waals surface area contributed by atoms with E-state index in [9.17, 15) is 4.79 Å². The summed E-state index contributed by atoms with van der Waals surface area (Å²) in [5.41, 5.74) is 1.63. The van der Waals surface area contributed by atoms with Gasteiger partial charge in [0.1, 0.15) is 0 Å². The zero-order chi connectivity index (χ0) is 12.8. The minimum absolute atomic E-state index is 0.294. The average Bonchev–Trinajstić information content (AvgIpc) is 2.40. The summed E-state index contributed by atoms with van der Waals surface area (Å²) in [6, 6.07) is 16.5. The molecular weight excluding hydrogens is 248 g/mol. The van der Waals surface area contributed by atoms with Crippen LogP contribution in [0.4, 0.5) is 0 Å². The maximum atomic E-state index is 11.7. The van der Waals surface area contributed by atoms with E-state index in [2.05, 4.69) is 0 Å². The molecule has 0 N–H and O–H groups in total. The van der Waals surface area contributed by atoms with E-state index in [-0.39, 0.29) is 5.97 Å². The Labute approximate surface area is 111 Å². The summed E-state index contributed by atoms with van der Waals surface area (Å²) in [6.07, 6.45) is 0.666. The van der Waals surface area contributed by atoms with E-state index in [1.165, 1.54) is 0 Å². The molecule has 3 heteroatoms. The molecule has 92 valence electrons. The maximum absolute atomic E-state index is 11.7. The molecule has 0 fully saturated rings. The standard InChI is InChI=1S/C15H13ClO2/c16-14-8-4-5-12(11-14)9-10-18-15(17)13-6-2-1-3-7-13/h1-8,11H,9-10H2. The average molecular weight is 261 g/mol. The van der Waals surface area contributed by atoms with Crippen molar-refractivity contribution in [3.05, 3.63) is 70.7 Å². The molecule has 0 heterocycles.